The number of amidine groups is 1. The maximum Gasteiger partial charge on any atom is 0.232 e. The molecule has 0 radical (unpaired) electrons. The molecule has 0 bridgehead atoms. The lowest BCUT2D eigenvalue weighted by atomic mass is 10.3. The van der Waals surface area contributed by atoms with Crippen LogP contribution in [-0.2, 0) is 10.0 Å². The van der Waals surface area contributed by atoms with E-state index in [0.29, 0.717) is 16.5 Å². The summed E-state index contributed by atoms with van der Waals surface area (Å²) >= 11 is 4.28. The number of rotatable bonds is 8. The topological polar surface area (TPSA) is 157 Å². The average molecular weight is 539 g/mol. The monoisotopic (exact) mass is 538 g/mol. The molecule has 2 aromatic rings. The van der Waals surface area contributed by atoms with E-state index in [1.807, 2.05) is 5.48 Å². The van der Waals surface area contributed by atoms with Gasteiger partial charge in [-0.2, -0.15) is 5.10 Å². The van der Waals surface area contributed by atoms with E-state index < -0.39 is 15.8 Å². The van der Waals surface area contributed by atoms with Gasteiger partial charge in [0.05, 0.1) is 23.0 Å². The Morgan fingerprint density at radius 2 is 2.13 bits per heavy atom. The first-order valence-electron chi connectivity index (χ1n) is 8.45. The molecule has 0 amide bonds. The molecular formula is C15H20BrFN8O4S2. The summed E-state index contributed by atoms with van der Waals surface area (Å²) in [6.07, 6.45) is 1.04. The molecule has 1 aromatic carbocycles. The van der Waals surface area contributed by atoms with E-state index in [4.69, 9.17) is 4.63 Å². The maximum absolute atomic E-state index is 13.3. The van der Waals surface area contributed by atoms with Crippen molar-refractivity contribution in [2.24, 2.45) is 10.1 Å². The van der Waals surface area contributed by atoms with Gasteiger partial charge in [-0.3, -0.25) is 20.3 Å². The van der Waals surface area contributed by atoms with Crippen LogP contribution in [0.2, 0.25) is 0 Å². The zero-order valence-electron chi connectivity index (χ0n) is 16.6. The summed E-state index contributed by atoms with van der Waals surface area (Å²) in [6, 6.07) is 4.17. The van der Waals surface area contributed by atoms with Crippen LogP contribution in [0, 0.1) is 5.82 Å². The average Bonchev–Trinajstić information content (AvgIpc) is 3.15. The van der Waals surface area contributed by atoms with Gasteiger partial charge in [0.15, 0.2) is 10.7 Å². The highest BCUT2D eigenvalue weighted by Gasteiger charge is 2.17. The zero-order valence-corrected chi connectivity index (χ0v) is 19.8. The molecule has 12 nitrogen and oxygen atoms in total. The molecule has 1 aromatic heterocycles. The lowest BCUT2D eigenvalue weighted by Gasteiger charge is -2.16. The molecule has 4 N–H and O–H groups in total. The zero-order chi connectivity index (χ0) is 23.0. The Labute approximate surface area is 190 Å². The molecule has 0 aliphatic heterocycles. The fraction of sp³-hybridized carbons (Fsp3) is 0.333. The van der Waals surface area contributed by atoms with Gasteiger partial charge in [-0.05, 0) is 44.4 Å². The number of nitrogens with zero attached hydrogens (tertiary/aromatic N) is 5. The number of aromatic nitrogens is 2. The number of sulfonamides is 1. The van der Waals surface area contributed by atoms with Gasteiger partial charge < -0.3 is 4.90 Å². The number of hydroxylamine groups is 1. The Bertz CT molecular complexity index is 1060. The summed E-state index contributed by atoms with van der Waals surface area (Å²) in [4.78, 5) is 5.74. The first-order chi connectivity index (χ1) is 14.6. The van der Waals surface area contributed by atoms with Crippen molar-refractivity contribution in [3.8, 4) is 0 Å². The molecule has 170 valence electrons. The van der Waals surface area contributed by atoms with Crippen LogP contribution in [0.4, 0.5) is 10.1 Å². The molecule has 0 aliphatic carbocycles. The van der Waals surface area contributed by atoms with Crippen LogP contribution >= 0.6 is 27.7 Å². The molecular weight excluding hydrogens is 519 g/mol. The normalized spacial score (nSPS) is 12.6. The van der Waals surface area contributed by atoms with Crippen LogP contribution in [0.3, 0.4) is 0 Å². The van der Waals surface area contributed by atoms with E-state index in [1.165, 1.54) is 34.9 Å². The van der Waals surface area contributed by atoms with Crippen molar-refractivity contribution >= 4 is 55.2 Å². The predicted molar refractivity (Wildman–Crippen MR) is 118 cm³/mol. The second-order valence-electron chi connectivity index (χ2n) is 6.05. The number of thioether (sulfide) groups is 1. The van der Waals surface area contributed by atoms with E-state index in [0.717, 1.165) is 6.26 Å². The number of anilines is 1. The Morgan fingerprint density at radius 3 is 2.74 bits per heavy atom. The molecule has 0 fully saturated rings. The molecule has 1 heterocycles. The largest absolute Gasteiger partial charge is 0.348 e. The molecule has 0 atom stereocenters. The van der Waals surface area contributed by atoms with Gasteiger partial charge in [0, 0.05) is 19.8 Å². The molecule has 16 heteroatoms. The third kappa shape index (κ3) is 7.97. The van der Waals surface area contributed by atoms with Gasteiger partial charge >= 0.3 is 0 Å². The first kappa shape index (κ1) is 24.8. The smallest absolute Gasteiger partial charge is 0.232 e. The number of hydrogen-bond donors (Lipinski definition) is 4. The molecule has 0 unspecified atom stereocenters. The number of hydrogen-bond acceptors (Lipinski definition) is 10. The first-order valence-corrected chi connectivity index (χ1v) is 12.1. The quantitative estimate of drug-likeness (QED) is 0.127. The predicted octanol–water partition coefficient (Wildman–Crippen LogP) is 1.28. The van der Waals surface area contributed by atoms with Gasteiger partial charge in [-0.15, -0.1) is 0 Å². The van der Waals surface area contributed by atoms with Crippen molar-refractivity contribution in [3.63, 3.8) is 0 Å². The van der Waals surface area contributed by atoms with Crippen LogP contribution in [-0.4, -0.2) is 73.3 Å². The van der Waals surface area contributed by atoms with Gasteiger partial charge in [0.25, 0.3) is 0 Å². The minimum absolute atomic E-state index is 0.0829. The fourth-order valence-corrected chi connectivity index (χ4v) is 3.65. The van der Waals surface area contributed by atoms with Crippen molar-refractivity contribution in [2.75, 3.05) is 38.1 Å². The van der Waals surface area contributed by atoms with E-state index in [1.54, 1.807) is 14.1 Å². The molecule has 0 spiro atoms. The van der Waals surface area contributed by atoms with Gasteiger partial charge in [-0.1, -0.05) is 11.8 Å². The maximum atomic E-state index is 13.3. The van der Waals surface area contributed by atoms with Crippen molar-refractivity contribution < 1.29 is 22.6 Å². The third-order valence-corrected chi connectivity index (χ3v) is 5.39. The van der Waals surface area contributed by atoms with Crippen molar-refractivity contribution in [3.05, 3.63) is 34.2 Å². The summed E-state index contributed by atoms with van der Waals surface area (Å²) in [5, 5.41) is 21.2. The third-order valence-electron chi connectivity index (χ3n) is 3.30. The summed E-state index contributed by atoms with van der Waals surface area (Å²) in [6.45, 7) is 0.258. The molecule has 2 rings (SSSR count). The van der Waals surface area contributed by atoms with Crippen LogP contribution in [0.1, 0.15) is 5.69 Å². The van der Waals surface area contributed by atoms with Gasteiger partial charge in [0.1, 0.15) is 5.82 Å². The highest BCUT2D eigenvalue weighted by molar-refractivity contribution is 9.10. The minimum Gasteiger partial charge on any atom is -0.348 e. The Kier molecular flexibility index (Phi) is 9.02. The highest BCUT2D eigenvalue weighted by atomic mass is 79.9. The number of nitrogens with one attached hydrogen (secondary N) is 3. The van der Waals surface area contributed by atoms with Crippen molar-refractivity contribution in [2.45, 2.75) is 5.03 Å². The molecule has 0 saturated carbocycles. The van der Waals surface area contributed by atoms with Crippen molar-refractivity contribution in [1.29, 1.82) is 0 Å². The Morgan fingerprint density at radius 1 is 1.39 bits per heavy atom. The number of aliphatic imine (C=N–C) groups is 1. The summed E-state index contributed by atoms with van der Waals surface area (Å²) < 4.78 is 43.4. The minimum atomic E-state index is -3.45. The van der Waals surface area contributed by atoms with E-state index in [-0.39, 0.29) is 28.5 Å². The number of hydrazone groups is 1. The van der Waals surface area contributed by atoms with Crippen LogP contribution in [0.5, 0.6) is 0 Å². The van der Waals surface area contributed by atoms with Crippen LogP contribution < -0.4 is 15.6 Å². The fourth-order valence-electron chi connectivity index (χ4n) is 1.96. The lowest BCUT2D eigenvalue weighted by molar-refractivity contribution is 0.233. The highest BCUT2D eigenvalue weighted by Crippen LogP contribution is 2.21. The molecule has 0 aliphatic rings. The second kappa shape index (κ2) is 11.3. The number of benzene rings is 1. The standard InChI is InChI=1S/C15H20BrFN8O4S2/c1-25(2)15(24-31(3,27)28)18-6-7-30-14-12(22-29-23-14)13(21-26)20-19-9-4-5-11(17)10(16)8-9/h4-5,8,19,26H,6-7H2,1-3H3,(H,18,24)(H,20,21). The lowest BCUT2D eigenvalue weighted by Crippen LogP contribution is -2.39. The summed E-state index contributed by atoms with van der Waals surface area (Å²) in [5.41, 5.74) is 5.14. The Hall–Kier alpha value is -2.43. The second-order valence-corrected chi connectivity index (χ2v) is 9.74. The van der Waals surface area contributed by atoms with Crippen LogP contribution in [0.25, 0.3) is 0 Å². The van der Waals surface area contributed by atoms with Gasteiger partial charge in [-0.25, -0.2) is 22.9 Å². The Balaban J connectivity index is 2.04. The van der Waals surface area contributed by atoms with Gasteiger partial charge in [0.2, 0.25) is 21.8 Å². The van der Waals surface area contributed by atoms with Crippen LogP contribution in [0.15, 0.2) is 42.4 Å². The number of halogens is 2. The molecule has 0 saturated heterocycles. The molecule has 31 heavy (non-hydrogen) atoms. The number of guanidine groups is 1. The van der Waals surface area contributed by atoms with Crippen molar-refractivity contribution in [1.82, 2.24) is 25.4 Å². The van der Waals surface area contributed by atoms with E-state index in [9.17, 15) is 18.0 Å². The summed E-state index contributed by atoms with van der Waals surface area (Å²) in [5.74, 6) is 0.0818. The SMILES string of the molecule is CN(C)C(=NCCSc1nonc1/C(=N/Nc1ccc(F)c(Br)c1)NO)NS(C)(=O)=O. The van der Waals surface area contributed by atoms with E-state index in [2.05, 4.69) is 46.5 Å². The van der Waals surface area contributed by atoms with E-state index >= 15 is 0 Å². The summed E-state index contributed by atoms with van der Waals surface area (Å²) in [7, 11) is -0.136.